The molecular weight excluding hydrogens is 240 g/mol. The molecule has 1 aromatic rings. The van der Waals surface area contributed by atoms with E-state index in [1.165, 1.54) is 0 Å². The third-order valence-electron chi connectivity index (χ3n) is 3.51. The number of rotatable bonds is 4. The topological polar surface area (TPSA) is 62.1 Å². The minimum absolute atomic E-state index is 0.199. The number of methoxy groups -OCH3 is 1. The van der Waals surface area contributed by atoms with E-state index in [0.717, 1.165) is 17.0 Å². The van der Waals surface area contributed by atoms with Crippen molar-refractivity contribution in [2.45, 2.75) is 32.6 Å². The highest BCUT2D eigenvalue weighted by atomic mass is 16.5. The van der Waals surface area contributed by atoms with Gasteiger partial charge in [0.15, 0.2) is 0 Å². The molecule has 0 bridgehead atoms. The highest BCUT2D eigenvalue weighted by Gasteiger charge is 2.50. The minimum Gasteiger partial charge on any atom is -0.496 e. The predicted molar refractivity (Wildman–Crippen MR) is 73.0 cm³/mol. The van der Waals surface area contributed by atoms with Gasteiger partial charge in [-0.1, -0.05) is 13.8 Å². The Morgan fingerprint density at radius 2 is 2.16 bits per heavy atom. The zero-order valence-corrected chi connectivity index (χ0v) is 11.5. The molecule has 0 unspecified atom stereocenters. The van der Waals surface area contributed by atoms with Crippen LogP contribution < -0.4 is 10.1 Å². The van der Waals surface area contributed by atoms with Gasteiger partial charge in [0, 0.05) is 5.69 Å². The van der Waals surface area contributed by atoms with Crippen LogP contribution in [0.4, 0.5) is 5.69 Å². The quantitative estimate of drug-likeness (QED) is 0.902. The standard InChI is InChI=1S/C15H18N2O2/c1-10(2)12-8-11(4-5-13(12)19-3)17-14(18)15(9-16)6-7-15/h4-5,8,10H,6-7H2,1-3H3,(H,17,18). The third kappa shape index (κ3) is 2.55. The maximum atomic E-state index is 12.0. The van der Waals surface area contributed by atoms with Crippen LogP contribution in [0.5, 0.6) is 5.75 Å². The summed E-state index contributed by atoms with van der Waals surface area (Å²) in [6.45, 7) is 4.14. The van der Waals surface area contributed by atoms with E-state index in [4.69, 9.17) is 10.00 Å². The van der Waals surface area contributed by atoms with Crippen LogP contribution in [-0.4, -0.2) is 13.0 Å². The van der Waals surface area contributed by atoms with Crippen LogP contribution in [0.1, 0.15) is 38.2 Å². The molecule has 0 radical (unpaired) electrons. The summed E-state index contributed by atoms with van der Waals surface area (Å²) in [6.07, 6.45) is 1.31. The monoisotopic (exact) mass is 258 g/mol. The smallest absolute Gasteiger partial charge is 0.244 e. The fraction of sp³-hybridized carbons (Fsp3) is 0.467. The third-order valence-corrected chi connectivity index (χ3v) is 3.51. The van der Waals surface area contributed by atoms with Gasteiger partial charge in [-0.2, -0.15) is 5.26 Å². The van der Waals surface area contributed by atoms with Gasteiger partial charge in [-0.25, -0.2) is 0 Å². The van der Waals surface area contributed by atoms with Gasteiger partial charge in [0.1, 0.15) is 11.2 Å². The average Bonchev–Trinajstić information content (AvgIpc) is 3.19. The molecule has 0 spiro atoms. The average molecular weight is 258 g/mol. The van der Waals surface area contributed by atoms with Gasteiger partial charge in [-0.15, -0.1) is 0 Å². The van der Waals surface area contributed by atoms with Crippen molar-refractivity contribution in [3.05, 3.63) is 23.8 Å². The van der Waals surface area contributed by atoms with Gasteiger partial charge in [0.2, 0.25) is 5.91 Å². The number of anilines is 1. The molecule has 1 amide bonds. The molecule has 1 aliphatic carbocycles. The summed E-state index contributed by atoms with van der Waals surface area (Å²) in [5.41, 5.74) is 0.968. The molecule has 0 saturated heterocycles. The summed E-state index contributed by atoms with van der Waals surface area (Å²) in [5.74, 6) is 0.918. The lowest BCUT2D eigenvalue weighted by Crippen LogP contribution is -2.22. The van der Waals surface area contributed by atoms with Gasteiger partial charge < -0.3 is 10.1 Å². The molecule has 2 rings (SSSR count). The van der Waals surface area contributed by atoms with Crippen molar-refractivity contribution in [3.8, 4) is 11.8 Å². The normalized spacial score (nSPS) is 15.7. The molecule has 1 fully saturated rings. The van der Waals surface area contributed by atoms with E-state index in [1.807, 2.05) is 12.1 Å². The first-order valence-corrected chi connectivity index (χ1v) is 6.43. The molecule has 1 aliphatic rings. The number of hydrogen-bond donors (Lipinski definition) is 1. The molecular formula is C15H18N2O2. The Morgan fingerprint density at radius 3 is 2.63 bits per heavy atom. The molecule has 1 N–H and O–H groups in total. The van der Waals surface area contributed by atoms with E-state index in [0.29, 0.717) is 18.8 Å². The van der Waals surface area contributed by atoms with Crippen LogP contribution in [0.2, 0.25) is 0 Å². The van der Waals surface area contributed by atoms with E-state index in [1.54, 1.807) is 13.2 Å². The van der Waals surface area contributed by atoms with E-state index < -0.39 is 5.41 Å². The highest BCUT2D eigenvalue weighted by Crippen LogP contribution is 2.45. The zero-order valence-electron chi connectivity index (χ0n) is 11.5. The summed E-state index contributed by atoms with van der Waals surface area (Å²) < 4.78 is 5.30. The SMILES string of the molecule is COc1ccc(NC(=O)C2(C#N)CC2)cc1C(C)C. The molecule has 0 heterocycles. The van der Waals surface area contributed by atoms with Gasteiger partial charge in [0.25, 0.3) is 0 Å². The summed E-state index contributed by atoms with van der Waals surface area (Å²) in [5, 5.41) is 11.8. The van der Waals surface area contributed by atoms with Gasteiger partial charge >= 0.3 is 0 Å². The summed E-state index contributed by atoms with van der Waals surface area (Å²) in [4.78, 5) is 12.0. The lowest BCUT2D eigenvalue weighted by atomic mass is 10.0. The van der Waals surface area contributed by atoms with Crippen molar-refractivity contribution in [1.82, 2.24) is 0 Å². The lowest BCUT2D eigenvalue weighted by molar-refractivity contribution is -0.119. The molecule has 0 atom stereocenters. The van der Waals surface area contributed by atoms with E-state index in [9.17, 15) is 4.79 Å². The van der Waals surface area contributed by atoms with Crippen molar-refractivity contribution in [3.63, 3.8) is 0 Å². The predicted octanol–water partition coefficient (Wildman–Crippen LogP) is 3.06. The molecule has 4 nitrogen and oxygen atoms in total. The largest absolute Gasteiger partial charge is 0.496 e. The van der Waals surface area contributed by atoms with E-state index in [-0.39, 0.29) is 5.91 Å². The van der Waals surface area contributed by atoms with Crippen LogP contribution in [0.25, 0.3) is 0 Å². The van der Waals surface area contributed by atoms with Gasteiger partial charge in [0.05, 0.1) is 13.2 Å². The van der Waals surface area contributed by atoms with Crippen LogP contribution in [0, 0.1) is 16.7 Å². The number of carbonyl (C=O) groups excluding carboxylic acids is 1. The molecule has 0 aromatic heterocycles. The Balaban J connectivity index is 2.20. The molecule has 19 heavy (non-hydrogen) atoms. The Hall–Kier alpha value is -2.02. The van der Waals surface area contributed by atoms with Crippen molar-refractivity contribution in [1.29, 1.82) is 5.26 Å². The molecule has 100 valence electrons. The maximum absolute atomic E-state index is 12.0. The number of amides is 1. The van der Waals surface area contributed by atoms with Crippen LogP contribution >= 0.6 is 0 Å². The summed E-state index contributed by atoms with van der Waals surface area (Å²) >= 11 is 0. The van der Waals surface area contributed by atoms with Crippen molar-refractivity contribution < 1.29 is 9.53 Å². The van der Waals surface area contributed by atoms with E-state index in [2.05, 4.69) is 25.2 Å². The Labute approximate surface area is 113 Å². The van der Waals surface area contributed by atoms with Crippen molar-refractivity contribution >= 4 is 11.6 Å². The summed E-state index contributed by atoms with van der Waals surface area (Å²) in [7, 11) is 1.63. The summed E-state index contributed by atoms with van der Waals surface area (Å²) in [6, 6.07) is 7.65. The van der Waals surface area contributed by atoms with Crippen LogP contribution in [0.15, 0.2) is 18.2 Å². The first-order valence-electron chi connectivity index (χ1n) is 6.43. The lowest BCUT2D eigenvalue weighted by Gasteiger charge is -2.15. The maximum Gasteiger partial charge on any atom is 0.244 e. The molecule has 1 saturated carbocycles. The van der Waals surface area contributed by atoms with Crippen LogP contribution in [-0.2, 0) is 4.79 Å². The fourth-order valence-electron chi connectivity index (χ4n) is 2.03. The van der Waals surface area contributed by atoms with Gasteiger partial charge in [-0.05, 0) is 42.5 Å². The van der Waals surface area contributed by atoms with E-state index >= 15 is 0 Å². The molecule has 4 heteroatoms. The fourth-order valence-corrected chi connectivity index (χ4v) is 2.03. The second-order valence-electron chi connectivity index (χ2n) is 5.26. The zero-order chi connectivity index (χ0) is 14.0. The number of carbonyl (C=O) groups is 1. The number of hydrogen-bond acceptors (Lipinski definition) is 3. The molecule has 1 aromatic carbocycles. The number of nitrogens with zero attached hydrogens (tertiary/aromatic N) is 1. The number of nitrogens with one attached hydrogen (secondary N) is 1. The Morgan fingerprint density at radius 1 is 1.47 bits per heavy atom. The highest BCUT2D eigenvalue weighted by molar-refractivity contribution is 5.99. The van der Waals surface area contributed by atoms with Crippen LogP contribution in [0.3, 0.4) is 0 Å². The second kappa shape index (κ2) is 4.93. The van der Waals surface area contributed by atoms with Gasteiger partial charge in [-0.3, -0.25) is 4.79 Å². The Kier molecular flexibility index (Phi) is 3.48. The first-order chi connectivity index (χ1) is 9.02. The minimum atomic E-state index is -0.794. The first kappa shape index (κ1) is 13.4. The number of benzene rings is 1. The number of ether oxygens (including phenoxy) is 1. The molecule has 0 aliphatic heterocycles. The second-order valence-corrected chi connectivity index (χ2v) is 5.26. The van der Waals surface area contributed by atoms with Crippen molar-refractivity contribution in [2.24, 2.45) is 5.41 Å². The number of nitriles is 1. The van der Waals surface area contributed by atoms with Crippen molar-refractivity contribution in [2.75, 3.05) is 12.4 Å². The Bertz CT molecular complexity index is 540.